The van der Waals surface area contributed by atoms with E-state index in [0.29, 0.717) is 5.92 Å². The Balaban J connectivity index is 1.31. The summed E-state index contributed by atoms with van der Waals surface area (Å²) < 4.78 is 0. The summed E-state index contributed by atoms with van der Waals surface area (Å²) in [6, 6.07) is 13.0. The minimum atomic E-state index is 0.499. The molecule has 3 atom stereocenters. The molecule has 1 fully saturated rings. The molecule has 0 bridgehead atoms. The van der Waals surface area contributed by atoms with Gasteiger partial charge in [-0.3, -0.25) is 4.99 Å². The third-order valence-corrected chi connectivity index (χ3v) is 8.07. The van der Waals surface area contributed by atoms with Crippen LogP contribution in [0.3, 0.4) is 0 Å². The van der Waals surface area contributed by atoms with Crippen molar-refractivity contribution >= 4 is 28.6 Å². The Morgan fingerprint density at radius 2 is 1.97 bits per heavy atom. The number of allylic oxidation sites excluding steroid dienone is 7. The van der Waals surface area contributed by atoms with Crippen LogP contribution in [0.25, 0.3) is 10.4 Å². The van der Waals surface area contributed by atoms with Gasteiger partial charge in [0.05, 0.1) is 0 Å². The highest BCUT2D eigenvalue weighted by atomic mass is 35.5. The number of fused-ring (bicyclic) bond motifs is 3. The number of thiophene rings is 1. The van der Waals surface area contributed by atoms with Gasteiger partial charge in [-0.15, -0.1) is 11.3 Å². The van der Waals surface area contributed by atoms with Gasteiger partial charge in [-0.25, -0.2) is 0 Å². The van der Waals surface area contributed by atoms with Crippen LogP contribution in [0.2, 0.25) is 0 Å². The standard InChI is InChI=1S/C29H30ClNS/c1-19-5-12-26-27-17-24(27)11-8-22(28(26)18-25(30)16-19)13-14-31-20(2)21-6-9-23(10-7-21)29-4-3-15-32-29/h3-4,6-10,12,15-16,18-19,24,27H,5,11,13-14,17H2,1-2H3. The fourth-order valence-corrected chi connectivity index (χ4v) is 6.00. The van der Waals surface area contributed by atoms with E-state index in [9.17, 15) is 0 Å². The Bertz CT molecular complexity index is 1130. The normalized spacial score (nSPS) is 25.2. The predicted molar refractivity (Wildman–Crippen MR) is 140 cm³/mol. The monoisotopic (exact) mass is 459 g/mol. The van der Waals surface area contributed by atoms with Crippen LogP contribution >= 0.6 is 22.9 Å². The maximum atomic E-state index is 6.61. The molecular formula is C29H30ClNS. The Hall–Kier alpha value is -2.16. The van der Waals surface area contributed by atoms with Crippen LogP contribution in [0.4, 0.5) is 0 Å². The highest BCUT2D eigenvalue weighted by Gasteiger charge is 2.42. The Morgan fingerprint density at radius 1 is 1.12 bits per heavy atom. The van der Waals surface area contributed by atoms with Gasteiger partial charge in [0.2, 0.25) is 0 Å². The second-order valence-corrected chi connectivity index (χ2v) is 10.7. The van der Waals surface area contributed by atoms with Crippen molar-refractivity contribution in [3.63, 3.8) is 0 Å². The van der Waals surface area contributed by atoms with Crippen LogP contribution in [-0.4, -0.2) is 12.3 Å². The molecule has 2 aromatic rings. The van der Waals surface area contributed by atoms with E-state index in [2.05, 4.69) is 79.9 Å². The van der Waals surface area contributed by atoms with Crippen molar-refractivity contribution < 1.29 is 0 Å². The van der Waals surface area contributed by atoms with Crippen molar-refractivity contribution in [2.45, 2.75) is 39.5 Å². The van der Waals surface area contributed by atoms with Gasteiger partial charge in [0.1, 0.15) is 0 Å². The summed E-state index contributed by atoms with van der Waals surface area (Å²) in [5, 5.41) is 3.01. The van der Waals surface area contributed by atoms with E-state index < -0.39 is 0 Å². The van der Waals surface area contributed by atoms with E-state index in [0.717, 1.165) is 42.0 Å². The molecule has 5 rings (SSSR count). The van der Waals surface area contributed by atoms with Gasteiger partial charge in [0, 0.05) is 22.2 Å². The average Bonchev–Trinajstić information content (AvgIpc) is 3.35. The van der Waals surface area contributed by atoms with Crippen LogP contribution < -0.4 is 0 Å². The zero-order chi connectivity index (χ0) is 22.1. The zero-order valence-electron chi connectivity index (χ0n) is 18.9. The molecule has 0 N–H and O–H groups in total. The number of benzene rings is 1. The first kappa shape index (κ1) is 21.7. The van der Waals surface area contributed by atoms with Gasteiger partial charge in [0.15, 0.2) is 0 Å². The van der Waals surface area contributed by atoms with Crippen molar-refractivity contribution in [3.8, 4) is 10.4 Å². The Kier molecular flexibility index (Phi) is 6.35. The number of hydrogen-bond donors (Lipinski definition) is 0. The lowest BCUT2D eigenvalue weighted by Crippen LogP contribution is -2.03. The lowest BCUT2D eigenvalue weighted by Gasteiger charge is -2.18. The number of nitrogens with zero attached hydrogens (tertiary/aromatic N) is 1. The third kappa shape index (κ3) is 4.77. The summed E-state index contributed by atoms with van der Waals surface area (Å²) in [7, 11) is 0. The third-order valence-electron chi connectivity index (χ3n) is 6.92. The molecule has 0 saturated heterocycles. The molecule has 32 heavy (non-hydrogen) atoms. The van der Waals surface area contributed by atoms with E-state index in [1.54, 1.807) is 16.9 Å². The van der Waals surface area contributed by atoms with E-state index in [-0.39, 0.29) is 0 Å². The second kappa shape index (κ2) is 9.37. The van der Waals surface area contributed by atoms with Crippen LogP contribution in [0.1, 0.15) is 45.1 Å². The number of aliphatic imine (C=N–C) groups is 1. The Morgan fingerprint density at radius 3 is 2.75 bits per heavy atom. The lowest BCUT2D eigenvalue weighted by atomic mass is 9.89. The summed E-state index contributed by atoms with van der Waals surface area (Å²) in [6.45, 7) is 5.18. The van der Waals surface area contributed by atoms with Crippen molar-refractivity contribution in [2.24, 2.45) is 22.7 Å². The minimum Gasteiger partial charge on any atom is -0.289 e. The molecule has 3 aliphatic rings. The fourth-order valence-electron chi connectivity index (χ4n) is 4.94. The van der Waals surface area contributed by atoms with E-state index in [1.165, 1.54) is 40.0 Å². The quantitative estimate of drug-likeness (QED) is 0.397. The largest absolute Gasteiger partial charge is 0.289 e. The van der Waals surface area contributed by atoms with Crippen molar-refractivity contribution in [1.29, 1.82) is 0 Å². The first-order valence-corrected chi connectivity index (χ1v) is 13.0. The maximum absolute atomic E-state index is 6.61. The van der Waals surface area contributed by atoms with Gasteiger partial charge in [-0.05, 0) is 95.7 Å². The zero-order valence-corrected chi connectivity index (χ0v) is 20.4. The van der Waals surface area contributed by atoms with Gasteiger partial charge in [0.25, 0.3) is 0 Å². The van der Waals surface area contributed by atoms with E-state index >= 15 is 0 Å². The lowest BCUT2D eigenvalue weighted by molar-refractivity contribution is 0.726. The maximum Gasteiger partial charge on any atom is 0.0433 e. The van der Waals surface area contributed by atoms with Gasteiger partial charge in [-0.2, -0.15) is 0 Å². The average molecular weight is 460 g/mol. The molecule has 1 aromatic heterocycles. The predicted octanol–water partition coefficient (Wildman–Crippen LogP) is 8.60. The molecule has 0 aliphatic heterocycles. The summed E-state index contributed by atoms with van der Waals surface area (Å²) in [4.78, 5) is 6.24. The van der Waals surface area contributed by atoms with Gasteiger partial charge >= 0.3 is 0 Å². The summed E-state index contributed by atoms with van der Waals surface area (Å²) in [6.07, 6.45) is 13.9. The molecule has 3 aliphatic carbocycles. The summed E-state index contributed by atoms with van der Waals surface area (Å²) in [5.41, 5.74) is 7.92. The fraction of sp³-hybridized carbons (Fsp3) is 0.345. The summed E-state index contributed by atoms with van der Waals surface area (Å²) >= 11 is 8.38. The summed E-state index contributed by atoms with van der Waals surface area (Å²) in [5.74, 6) is 2.06. The topological polar surface area (TPSA) is 12.4 Å². The molecule has 1 aromatic carbocycles. The van der Waals surface area contributed by atoms with Gasteiger partial charge in [-0.1, -0.05) is 67.1 Å². The Labute approximate surface area is 200 Å². The molecule has 0 radical (unpaired) electrons. The molecule has 3 heteroatoms. The van der Waals surface area contributed by atoms with E-state index in [4.69, 9.17) is 16.6 Å². The van der Waals surface area contributed by atoms with Crippen LogP contribution in [0.5, 0.6) is 0 Å². The molecule has 164 valence electrons. The molecular weight excluding hydrogens is 430 g/mol. The SMILES string of the molecule is CC(=NCCC1=CCC2CC2C2=CCC(C)C=C(Cl)C=C12)c1ccc(-c2cccs2)cc1. The minimum absolute atomic E-state index is 0.499. The van der Waals surface area contributed by atoms with Crippen molar-refractivity contribution in [1.82, 2.24) is 0 Å². The van der Waals surface area contributed by atoms with Crippen LogP contribution in [0, 0.1) is 17.8 Å². The first-order valence-electron chi connectivity index (χ1n) is 11.7. The smallest absolute Gasteiger partial charge is 0.0433 e. The molecule has 1 saturated carbocycles. The molecule has 0 amide bonds. The first-order chi connectivity index (χ1) is 15.6. The highest BCUT2D eigenvalue weighted by molar-refractivity contribution is 7.13. The van der Waals surface area contributed by atoms with Crippen molar-refractivity contribution in [2.75, 3.05) is 6.54 Å². The molecule has 1 nitrogen and oxygen atoms in total. The second-order valence-electron chi connectivity index (χ2n) is 9.32. The van der Waals surface area contributed by atoms with Crippen LogP contribution in [0.15, 0.2) is 92.8 Å². The molecule has 1 heterocycles. The van der Waals surface area contributed by atoms with Crippen molar-refractivity contribution in [3.05, 3.63) is 93.4 Å². The number of halogens is 1. The van der Waals surface area contributed by atoms with Gasteiger partial charge < -0.3 is 0 Å². The highest BCUT2D eigenvalue weighted by Crippen LogP contribution is 2.53. The molecule has 0 spiro atoms. The van der Waals surface area contributed by atoms with Crippen LogP contribution in [-0.2, 0) is 0 Å². The number of hydrogen-bond acceptors (Lipinski definition) is 2. The van der Waals surface area contributed by atoms with E-state index in [1.807, 2.05) is 0 Å². The molecule has 3 unspecified atom stereocenters. The number of rotatable bonds is 5.